The Balaban J connectivity index is 0.684. The quantitative estimate of drug-likeness (QED) is 0.126. The van der Waals surface area contributed by atoms with Crippen LogP contribution in [0.15, 0.2) is 336 Å². The molecule has 0 spiro atoms. The maximum absolute atomic E-state index is 6.61. The van der Waals surface area contributed by atoms with Gasteiger partial charge in [0.25, 0.3) is 0 Å². The van der Waals surface area contributed by atoms with Gasteiger partial charge in [0, 0.05) is 65.9 Å². The van der Waals surface area contributed by atoms with E-state index < -0.39 is 0 Å². The molecule has 0 N–H and O–H groups in total. The molecule has 0 amide bonds. The Bertz CT molecular complexity index is 6340. The predicted molar refractivity (Wildman–Crippen MR) is 400 cm³/mol. The summed E-state index contributed by atoms with van der Waals surface area (Å²) in [6, 6.07) is 114. The number of furan rings is 2. The summed E-state index contributed by atoms with van der Waals surface area (Å²) >= 11 is 0. The van der Waals surface area contributed by atoms with E-state index in [1.54, 1.807) is 0 Å². The highest BCUT2D eigenvalue weighted by Gasteiger charge is 2.23. The molecular weight excluding hydrogens is 1200 g/mol. The minimum absolute atomic E-state index is 0.567. The molecule has 0 unspecified atom stereocenters. The lowest BCUT2D eigenvalue weighted by Crippen LogP contribution is -2.01. The van der Waals surface area contributed by atoms with Crippen molar-refractivity contribution in [3.63, 3.8) is 0 Å². The summed E-state index contributed by atoms with van der Waals surface area (Å²) in [4.78, 5) is 31.8. The Labute approximate surface area is 563 Å². The topological polar surface area (TPSA) is 104 Å². The number of nitrogens with zero attached hydrogens (tertiary/aromatic N) is 6. The summed E-state index contributed by atoms with van der Waals surface area (Å²) < 4.78 is 13.1. The lowest BCUT2D eigenvalue weighted by Gasteiger charge is -2.16. The number of aromatic nitrogens is 6. The fraction of sp³-hybridized carbons (Fsp3) is 0. The molecule has 8 nitrogen and oxygen atoms in total. The van der Waals surface area contributed by atoms with Crippen molar-refractivity contribution in [1.29, 1.82) is 0 Å². The second-order valence-corrected chi connectivity index (χ2v) is 24.8. The molecule has 0 saturated heterocycles. The smallest absolute Gasteiger partial charge is 0.164 e. The van der Waals surface area contributed by atoms with Crippen molar-refractivity contribution in [2.45, 2.75) is 0 Å². The molecule has 0 aliphatic carbocycles. The lowest BCUT2D eigenvalue weighted by molar-refractivity contribution is 0.669. The summed E-state index contributed by atoms with van der Waals surface area (Å²) in [5.74, 6) is 3.44. The van der Waals surface area contributed by atoms with Crippen LogP contribution in [0.3, 0.4) is 0 Å². The van der Waals surface area contributed by atoms with Gasteiger partial charge in [-0.2, -0.15) is 0 Å². The van der Waals surface area contributed by atoms with Crippen molar-refractivity contribution < 1.29 is 8.83 Å². The molecule has 0 aliphatic heterocycles. The second-order valence-electron chi connectivity index (χ2n) is 24.8. The van der Waals surface area contributed by atoms with Crippen LogP contribution < -0.4 is 0 Å². The van der Waals surface area contributed by atoms with Gasteiger partial charge < -0.3 is 8.83 Å². The predicted octanol–water partition coefficient (Wildman–Crippen LogP) is 23.7. The van der Waals surface area contributed by atoms with Crippen LogP contribution in [0, 0.1) is 0 Å². The van der Waals surface area contributed by atoms with E-state index in [2.05, 4.69) is 291 Å². The normalized spacial score (nSPS) is 11.7. The number of rotatable bonds is 11. The Morgan fingerprint density at radius 1 is 0.184 bits per heavy atom. The van der Waals surface area contributed by atoms with Crippen molar-refractivity contribution in [2.24, 2.45) is 0 Å². The number of para-hydroxylation sites is 1. The van der Waals surface area contributed by atoms with Crippen molar-refractivity contribution in [1.82, 2.24) is 29.9 Å². The van der Waals surface area contributed by atoms with Crippen LogP contribution in [0.25, 0.3) is 200 Å². The van der Waals surface area contributed by atoms with Gasteiger partial charge in [0.2, 0.25) is 0 Å². The third-order valence-electron chi connectivity index (χ3n) is 19.0. The van der Waals surface area contributed by atoms with Crippen LogP contribution >= 0.6 is 0 Å². The molecule has 15 aromatic carbocycles. The number of benzene rings is 15. The van der Waals surface area contributed by atoms with Crippen LogP contribution in [-0.4, -0.2) is 29.9 Å². The zero-order valence-electron chi connectivity index (χ0n) is 52.7. The zero-order valence-corrected chi connectivity index (χ0v) is 52.7. The average Bonchev–Trinajstić information content (AvgIpc) is 1.32. The van der Waals surface area contributed by atoms with Gasteiger partial charge in [-0.15, -0.1) is 0 Å². The Hall–Kier alpha value is -13.3. The Kier molecular flexibility index (Phi) is 13.4. The van der Waals surface area contributed by atoms with Gasteiger partial charge in [0.1, 0.15) is 22.3 Å². The Morgan fingerprint density at radius 2 is 0.622 bits per heavy atom. The zero-order chi connectivity index (χ0) is 64.6. The molecule has 456 valence electrons. The Morgan fingerprint density at radius 3 is 1.33 bits per heavy atom. The maximum atomic E-state index is 6.61. The molecule has 0 atom stereocenters. The lowest BCUT2D eigenvalue weighted by atomic mass is 9.89. The van der Waals surface area contributed by atoms with Gasteiger partial charge in [-0.1, -0.05) is 285 Å². The van der Waals surface area contributed by atoms with Crippen molar-refractivity contribution in [3.05, 3.63) is 328 Å². The first-order valence-corrected chi connectivity index (χ1v) is 32.9. The molecule has 0 saturated carbocycles. The van der Waals surface area contributed by atoms with Crippen LogP contribution in [0.2, 0.25) is 0 Å². The molecule has 8 heteroatoms. The van der Waals surface area contributed by atoms with E-state index in [1.807, 2.05) is 36.4 Å². The molecule has 4 heterocycles. The highest BCUT2D eigenvalue weighted by molar-refractivity contribution is 6.20. The SMILES string of the molecule is c1ccc(-c2ccc(-c3nc(-c4ccc(-c5cccc6oc7cc8ccccc8cc7c56)cc4)nc(-c4ccccc4-c4cccc(-c5ccc(-c6nc(-c7ccccc7)nc(-c7ccc8ccccc8c7-c7cccc8c7ccc7c9ccccc9oc87)n6)cc5)c4)n3)cc2)cc1. The van der Waals surface area contributed by atoms with Gasteiger partial charge in [-0.3, -0.25) is 0 Å². The summed E-state index contributed by atoms with van der Waals surface area (Å²) in [7, 11) is 0. The summed E-state index contributed by atoms with van der Waals surface area (Å²) in [6.45, 7) is 0. The van der Waals surface area contributed by atoms with Gasteiger partial charge >= 0.3 is 0 Å². The van der Waals surface area contributed by atoms with Crippen LogP contribution in [-0.2, 0) is 0 Å². The van der Waals surface area contributed by atoms with E-state index in [-0.39, 0.29) is 0 Å². The highest BCUT2D eigenvalue weighted by atomic mass is 16.3. The van der Waals surface area contributed by atoms with Crippen LogP contribution in [0.1, 0.15) is 0 Å². The van der Waals surface area contributed by atoms with Gasteiger partial charge in [-0.25, -0.2) is 29.9 Å². The first kappa shape index (κ1) is 56.3. The van der Waals surface area contributed by atoms with Crippen molar-refractivity contribution in [2.75, 3.05) is 0 Å². The second kappa shape index (κ2) is 23.3. The molecule has 19 aromatic rings. The van der Waals surface area contributed by atoms with Gasteiger partial charge in [0.15, 0.2) is 34.9 Å². The standard InChI is InChI=1S/C90H54N6O2/c1-3-18-55(19-4-1)56-36-42-61(43-37-56)86-92-87(63-46-40-59(41-47-63)70-31-17-35-80-83(70)78-53-65-23-7-8-24-66(65)54-81(78)97-80)94-89(93-86)76-30-12-11-27-68(76)67-26-15-25-64(52-67)57-38-44-62(45-39-57)88-91-85(60-21-5-2-6-22-60)95-90(96-88)77-49-48-58-20-9-10-28-69(58)82(77)73-32-16-33-74-71(73)50-51-75-72-29-13-14-34-79(72)98-84(74)75/h1-54H. The maximum Gasteiger partial charge on any atom is 0.164 e. The average molecular weight is 1250 g/mol. The molecule has 98 heavy (non-hydrogen) atoms. The number of hydrogen-bond donors (Lipinski definition) is 0. The number of hydrogen-bond acceptors (Lipinski definition) is 8. The first-order chi connectivity index (χ1) is 48.5. The monoisotopic (exact) mass is 1250 g/mol. The summed E-state index contributed by atoms with van der Waals surface area (Å²) in [6.07, 6.45) is 0. The van der Waals surface area contributed by atoms with Gasteiger partial charge in [0.05, 0.1) is 0 Å². The van der Waals surface area contributed by atoms with E-state index in [4.69, 9.17) is 38.7 Å². The van der Waals surface area contributed by atoms with Crippen molar-refractivity contribution >= 4 is 76.2 Å². The van der Waals surface area contributed by atoms with E-state index in [0.29, 0.717) is 34.9 Å². The van der Waals surface area contributed by atoms with E-state index >= 15 is 0 Å². The minimum Gasteiger partial charge on any atom is -0.456 e. The fourth-order valence-corrected chi connectivity index (χ4v) is 14.2. The largest absolute Gasteiger partial charge is 0.456 e. The molecule has 4 aromatic heterocycles. The third-order valence-corrected chi connectivity index (χ3v) is 19.0. The first-order valence-electron chi connectivity index (χ1n) is 32.9. The van der Waals surface area contributed by atoms with E-state index in [9.17, 15) is 0 Å². The summed E-state index contributed by atoms with van der Waals surface area (Å²) in [5, 5.41) is 11.0. The third kappa shape index (κ3) is 9.85. The molecule has 0 radical (unpaired) electrons. The molecule has 0 fully saturated rings. The molecule has 0 aliphatic rings. The molecule has 0 bridgehead atoms. The minimum atomic E-state index is 0.567. The van der Waals surface area contributed by atoms with Crippen molar-refractivity contribution in [3.8, 4) is 124 Å². The molecule has 19 rings (SSSR count). The fourth-order valence-electron chi connectivity index (χ4n) is 14.2. The summed E-state index contributed by atoms with van der Waals surface area (Å²) in [5.41, 5.74) is 19.3. The van der Waals surface area contributed by atoms with Crippen LogP contribution in [0.5, 0.6) is 0 Å². The molecular formula is C90H54N6O2. The van der Waals surface area contributed by atoms with Gasteiger partial charge in [-0.05, 0) is 119 Å². The van der Waals surface area contributed by atoms with E-state index in [1.165, 1.54) is 5.39 Å². The van der Waals surface area contributed by atoms with Crippen LogP contribution in [0.4, 0.5) is 0 Å². The number of fused-ring (bicyclic) bond motifs is 10. The highest BCUT2D eigenvalue weighted by Crippen LogP contribution is 2.45. The van der Waals surface area contributed by atoms with E-state index in [0.717, 1.165) is 160 Å².